The van der Waals surface area contributed by atoms with Crippen molar-refractivity contribution >= 4 is 21.9 Å². The second kappa shape index (κ2) is 5.16. The van der Waals surface area contributed by atoms with Gasteiger partial charge in [0.1, 0.15) is 8.24 Å². The summed E-state index contributed by atoms with van der Waals surface area (Å²) in [5.74, 6) is 0.843. The number of allylic oxidation sites excluding steroid dienone is 3. The lowest BCUT2D eigenvalue weighted by molar-refractivity contribution is 0.632. The maximum absolute atomic E-state index is 3.99. The van der Waals surface area contributed by atoms with E-state index in [1.807, 2.05) is 0 Å². The molecular formula is C14H25NSi2. The van der Waals surface area contributed by atoms with Crippen molar-refractivity contribution in [1.29, 1.82) is 0 Å². The minimum Gasteiger partial charge on any atom is -0.328 e. The number of hydrogen-bond donors (Lipinski definition) is 1. The quantitative estimate of drug-likeness (QED) is 0.772. The van der Waals surface area contributed by atoms with Crippen LogP contribution in [0.5, 0.6) is 0 Å². The van der Waals surface area contributed by atoms with Gasteiger partial charge in [-0.2, -0.15) is 0 Å². The zero-order chi connectivity index (χ0) is 12.5. The number of nitrogens with one attached hydrogen (secondary N) is 1. The highest BCUT2D eigenvalue weighted by atomic mass is 28.4. The smallest absolute Gasteiger partial charge is 0.140 e. The maximum Gasteiger partial charge on any atom is 0.140 e. The highest BCUT2D eigenvalue weighted by Crippen LogP contribution is 2.36. The van der Waals surface area contributed by atoms with Crippen molar-refractivity contribution in [3.8, 4) is 0 Å². The molecule has 1 saturated carbocycles. The average molecular weight is 264 g/mol. The van der Waals surface area contributed by atoms with E-state index < -0.39 is 8.24 Å². The molecule has 0 radical (unpaired) electrons. The second-order valence-corrected chi connectivity index (χ2v) is 13.3. The number of hydrogen-bond acceptors (Lipinski definition) is 1. The zero-order valence-corrected chi connectivity index (χ0v) is 13.6. The van der Waals surface area contributed by atoms with Crippen LogP contribution in [-0.4, -0.2) is 28.0 Å². The lowest BCUT2D eigenvalue weighted by Crippen LogP contribution is -2.53. The molecule has 2 atom stereocenters. The first kappa shape index (κ1) is 13.2. The summed E-state index contributed by atoms with van der Waals surface area (Å²) in [6.45, 7) is 9.69. The molecule has 0 aromatic rings. The van der Waals surface area contributed by atoms with E-state index in [1.54, 1.807) is 5.57 Å². The summed E-state index contributed by atoms with van der Waals surface area (Å²) >= 11 is 0. The number of fused-ring (bicyclic) bond motifs is 1. The highest BCUT2D eigenvalue weighted by Gasteiger charge is 2.33. The largest absolute Gasteiger partial charge is 0.328 e. The summed E-state index contributed by atoms with van der Waals surface area (Å²) in [5, 5.41) is 2.66. The molecule has 0 aliphatic heterocycles. The van der Waals surface area contributed by atoms with Crippen LogP contribution in [0, 0.1) is 5.92 Å². The van der Waals surface area contributed by atoms with Crippen molar-refractivity contribution < 1.29 is 0 Å². The standard InChI is InChI=1S/C14H25NSi2/c1-16(2)11-17(3,4)15-14-10-9-12-7-5-6-8-13(12)14/h5-6,8,11-12,14-15H,7,9-10H2,1-4H3. The molecule has 1 N–H and O–H groups in total. The average Bonchev–Trinajstić information content (AvgIpc) is 2.59. The molecule has 1 fully saturated rings. The summed E-state index contributed by atoms with van der Waals surface area (Å²) in [7, 11) is -1.52. The fraction of sp³-hybridized carbons (Fsp3) is 0.643. The van der Waals surface area contributed by atoms with E-state index >= 15 is 0 Å². The van der Waals surface area contributed by atoms with E-state index in [0.717, 1.165) is 5.92 Å². The third kappa shape index (κ3) is 3.36. The monoisotopic (exact) mass is 263 g/mol. The molecule has 2 aliphatic carbocycles. The minimum atomic E-state index is -1.30. The van der Waals surface area contributed by atoms with Gasteiger partial charge in [0, 0.05) is 6.04 Å². The van der Waals surface area contributed by atoms with Crippen molar-refractivity contribution in [2.75, 3.05) is 0 Å². The van der Waals surface area contributed by atoms with Gasteiger partial charge >= 0.3 is 0 Å². The molecule has 0 spiro atoms. The molecule has 3 heteroatoms. The molecule has 1 nitrogen and oxygen atoms in total. The van der Waals surface area contributed by atoms with E-state index in [0.29, 0.717) is 6.04 Å². The molecule has 0 amide bonds. The van der Waals surface area contributed by atoms with Gasteiger partial charge in [0.25, 0.3) is 0 Å². The van der Waals surface area contributed by atoms with Gasteiger partial charge in [-0.1, -0.05) is 50.0 Å². The lowest BCUT2D eigenvalue weighted by atomic mass is 9.94. The molecule has 17 heavy (non-hydrogen) atoms. The summed E-state index contributed by atoms with van der Waals surface area (Å²) in [5.41, 5.74) is 1.68. The van der Waals surface area contributed by atoms with Crippen LogP contribution in [0.2, 0.25) is 26.2 Å². The predicted molar refractivity (Wildman–Crippen MR) is 82.5 cm³/mol. The molecule has 0 bridgehead atoms. The van der Waals surface area contributed by atoms with Crippen LogP contribution in [0.15, 0.2) is 23.8 Å². The van der Waals surface area contributed by atoms with Crippen LogP contribution in [0.4, 0.5) is 0 Å². The van der Waals surface area contributed by atoms with Gasteiger partial charge < -0.3 is 4.98 Å². The fourth-order valence-electron chi connectivity index (χ4n) is 3.28. The minimum absolute atomic E-state index is 0.220. The number of rotatable bonds is 3. The Hall–Kier alpha value is -0.256. The predicted octanol–water partition coefficient (Wildman–Crippen LogP) is 3.12. The highest BCUT2D eigenvalue weighted by molar-refractivity contribution is 7.09. The fourth-order valence-corrected chi connectivity index (χ4v) is 10.6. The van der Waals surface area contributed by atoms with Crippen LogP contribution in [0.3, 0.4) is 0 Å². The van der Waals surface area contributed by atoms with Crippen molar-refractivity contribution in [3.63, 3.8) is 0 Å². The summed E-state index contributed by atoms with van der Waals surface area (Å²) < 4.78 is 0. The van der Waals surface area contributed by atoms with Crippen LogP contribution in [0.1, 0.15) is 19.3 Å². The van der Waals surface area contributed by atoms with E-state index in [-0.39, 0.29) is 8.41 Å². The first-order chi connectivity index (χ1) is 7.98. The van der Waals surface area contributed by atoms with Gasteiger partial charge in [0.05, 0.1) is 0 Å². The summed E-state index contributed by atoms with van der Waals surface area (Å²) in [6, 6.07) is 0.671. The summed E-state index contributed by atoms with van der Waals surface area (Å²) in [4.78, 5) is 3.99. The molecule has 0 aromatic heterocycles. The Bertz CT molecular complexity index is 376. The molecule has 0 saturated heterocycles. The Morgan fingerprint density at radius 3 is 2.82 bits per heavy atom. The van der Waals surface area contributed by atoms with Crippen molar-refractivity contribution in [3.05, 3.63) is 23.8 Å². The zero-order valence-electron chi connectivity index (χ0n) is 11.6. The Kier molecular flexibility index (Phi) is 4.00. The van der Waals surface area contributed by atoms with Gasteiger partial charge in [-0.3, -0.25) is 0 Å². The molecule has 2 rings (SSSR count). The van der Waals surface area contributed by atoms with E-state index in [1.165, 1.54) is 19.3 Å². The Balaban J connectivity index is 2.07. The summed E-state index contributed by atoms with van der Waals surface area (Å²) in [6.07, 6.45) is 10.9. The SMILES string of the molecule is C[Si](C)=C[Si](C)(C)NC1CCC2CC=CC=C21. The topological polar surface area (TPSA) is 12.0 Å². The van der Waals surface area contributed by atoms with E-state index in [2.05, 4.69) is 54.7 Å². The Labute approximate surface area is 108 Å². The maximum atomic E-state index is 3.99. The van der Waals surface area contributed by atoms with Crippen molar-refractivity contribution in [1.82, 2.24) is 4.98 Å². The normalized spacial score (nSPS) is 27.6. The van der Waals surface area contributed by atoms with Gasteiger partial charge in [-0.25, -0.2) is 0 Å². The lowest BCUT2D eigenvalue weighted by Gasteiger charge is -2.28. The van der Waals surface area contributed by atoms with Crippen LogP contribution in [0.25, 0.3) is 0 Å². The second-order valence-electron chi connectivity index (χ2n) is 6.25. The van der Waals surface area contributed by atoms with Crippen molar-refractivity contribution in [2.24, 2.45) is 5.92 Å². The first-order valence-electron chi connectivity index (χ1n) is 6.78. The first-order valence-corrected chi connectivity index (χ1v) is 12.4. The van der Waals surface area contributed by atoms with Gasteiger partial charge in [-0.05, 0) is 33.6 Å². The third-order valence-corrected chi connectivity index (χ3v) is 10.0. The van der Waals surface area contributed by atoms with Crippen molar-refractivity contribution in [2.45, 2.75) is 51.5 Å². The molecular weight excluding hydrogens is 238 g/mol. The van der Waals surface area contributed by atoms with E-state index in [4.69, 9.17) is 0 Å². The molecule has 0 aromatic carbocycles. The molecule has 94 valence electrons. The van der Waals surface area contributed by atoms with Crippen LogP contribution < -0.4 is 4.98 Å². The molecule has 2 aliphatic rings. The molecule has 0 heterocycles. The van der Waals surface area contributed by atoms with Crippen LogP contribution >= 0.6 is 0 Å². The van der Waals surface area contributed by atoms with E-state index in [9.17, 15) is 0 Å². The van der Waals surface area contributed by atoms with Gasteiger partial charge in [0.2, 0.25) is 0 Å². The van der Waals surface area contributed by atoms with Crippen LogP contribution in [-0.2, 0) is 0 Å². The molecule has 2 unspecified atom stereocenters. The Morgan fingerprint density at radius 2 is 2.12 bits per heavy atom. The third-order valence-electron chi connectivity index (χ3n) is 3.72. The van der Waals surface area contributed by atoms with Gasteiger partial charge in [-0.15, -0.1) is 5.30 Å². The van der Waals surface area contributed by atoms with Gasteiger partial charge in [0.15, 0.2) is 0 Å². The Morgan fingerprint density at radius 1 is 1.35 bits per heavy atom.